The van der Waals surface area contributed by atoms with Crippen molar-refractivity contribution in [3.05, 3.63) is 23.6 Å². The van der Waals surface area contributed by atoms with Crippen LogP contribution >= 0.6 is 0 Å². The third-order valence-corrected chi connectivity index (χ3v) is 3.59. The summed E-state index contributed by atoms with van der Waals surface area (Å²) in [5.41, 5.74) is 0.943. The van der Waals surface area contributed by atoms with Crippen molar-refractivity contribution in [3.8, 4) is 0 Å². The first-order valence-electron chi connectivity index (χ1n) is 6.77. The van der Waals surface area contributed by atoms with Gasteiger partial charge in [-0.25, -0.2) is 9.37 Å². The summed E-state index contributed by atoms with van der Waals surface area (Å²) in [5.74, 6) is 1.43. The fraction of sp³-hybridized carbons (Fsp3) is 0.643. The highest BCUT2D eigenvalue weighted by Gasteiger charge is 2.20. The molecule has 0 atom stereocenters. The lowest BCUT2D eigenvalue weighted by Crippen LogP contribution is -2.31. The largest absolute Gasteiger partial charge is 0.359 e. The average molecular weight is 251 g/mol. The highest BCUT2D eigenvalue weighted by Crippen LogP contribution is 2.28. The van der Waals surface area contributed by atoms with E-state index in [0.29, 0.717) is 6.54 Å². The Balaban J connectivity index is 2.08. The Morgan fingerprint density at radius 1 is 1.50 bits per heavy atom. The van der Waals surface area contributed by atoms with Gasteiger partial charge in [0.25, 0.3) is 0 Å². The first-order chi connectivity index (χ1) is 8.70. The summed E-state index contributed by atoms with van der Waals surface area (Å²) in [7, 11) is 2.05. The monoisotopic (exact) mass is 251 g/mol. The van der Waals surface area contributed by atoms with E-state index in [1.807, 2.05) is 14.0 Å². The molecule has 0 radical (unpaired) electrons. The van der Waals surface area contributed by atoms with Crippen LogP contribution in [0.2, 0.25) is 0 Å². The van der Waals surface area contributed by atoms with Gasteiger partial charge in [0.1, 0.15) is 11.6 Å². The van der Waals surface area contributed by atoms with Crippen molar-refractivity contribution in [1.82, 2.24) is 10.3 Å². The van der Waals surface area contributed by atoms with Crippen LogP contribution in [0.15, 0.2) is 12.3 Å². The summed E-state index contributed by atoms with van der Waals surface area (Å²) in [6, 6.07) is 1.59. The minimum absolute atomic E-state index is 0.260. The lowest BCUT2D eigenvalue weighted by molar-refractivity contribution is 0.321. The summed E-state index contributed by atoms with van der Waals surface area (Å²) < 4.78 is 13.3. The highest BCUT2D eigenvalue weighted by atomic mass is 19.1. The van der Waals surface area contributed by atoms with Gasteiger partial charge in [-0.2, -0.15) is 0 Å². The number of nitrogens with one attached hydrogen (secondary N) is 1. The molecular weight excluding hydrogens is 229 g/mol. The van der Waals surface area contributed by atoms with E-state index in [4.69, 9.17) is 0 Å². The molecule has 0 spiro atoms. The van der Waals surface area contributed by atoms with Crippen LogP contribution in [0.5, 0.6) is 0 Å². The molecule has 18 heavy (non-hydrogen) atoms. The maximum Gasteiger partial charge on any atom is 0.141 e. The summed E-state index contributed by atoms with van der Waals surface area (Å²) in [5, 5.41) is 3.23. The molecule has 1 heterocycles. The van der Waals surface area contributed by atoms with E-state index in [1.54, 1.807) is 6.07 Å². The van der Waals surface area contributed by atoms with E-state index >= 15 is 0 Å². The van der Waals surface area contributed by atoms with E-state index < -0.39 is 0 Å². The maximum absolute atomic E-state index is 13.3. The number of rotatable bonds is 6. The minimum Gasteiger partial charge on any atom is -0.359 e. The third-order valence-electron chi connectivity index (χ3n) is 3.59. The minimum atomic E-state index is -0.260. The first-order valence-corrected chi connectivity index (χ1v) is 6.77. The molecule has 1 aliphatic rings. The normalized spacial score (nSPS) is 15.5. The Kier molecular flexibility index (Phi) is 4.53. The van der Waals surface area contributed by atoms with Crippen LogP contribution < -0.4 is 10.2 Å². The zero-order valence-electron chi connectivity index (χ0n) is 11.2. The molecule has 4 heteroatoms. The molecule has 0 unspecified atom stereocenters. The SMILES string of the molecule is CCNCc1cc(F)cnc1N(C)CC1CCC1. The fourth-order valence-corrected chi connectivity index (χ4v) is 2.36. The number of pyridine rings is 1. The van der Waals surface area contributed by atoms with Gasteiger partial charge in [0.2, 0.25) is 0 Å². The molecule has 0 aromatic carbocycles. The van der Waals surface area contributed by atoms with E-state index in [2.05, 4.69) is 15.2 Å². The molecule has 1 N–H and O–H groups in total. The van der Waals surface area contributed by atoms with Crippen molar-refractivity contribution in [2.45, 2.75) is 32.7 Å². The molecule has 0 aliphatic heterocycles. The second-order valence-corrected chi connectivity index (χ2v) is 5.09. The van der Waals surface area contributed by atoms with Crippen molar-refractivity contribution < 1.29 is 4.39 Å². The van der Waals surface area contributed by atoms with Gasteiger partial charge in [-0.3, -0.25) is 0 Å². The van der Waals surface area contributed by atoms with Crippen LogP contribution in [0.4, 0.5) is 10.2 Å². The molecule has 2 rings (SSSR count). The van der Waals surface area contributed by atoms with Crippen molar-refractivity contribution in [2.24, 2.45) is 5.92 Å². The highest BCUT2D eigenvalue weighted by molar-refractivity contribution is 5.46. The standard InChI is InChI=1S/C14H22FN3/c1-3-16-8-12-7-13(15)9-17-14(12)18(2)10-11-5-4-6-11/h7,9,11,16H,3-6,8,10H2,1-2H3. The summed E-state index contributed by atoms with van der Waals surface area (Å²) in [6.07, 6.45) is 5.28. The molecule has 1 aromatic rings. The quantitative estimate of drug-likeness (QED) is 0.842. The molecule has 0 saturated heterocycles. The van der Waals surface area contributed by atoms with Gasteiger partial charge in [0, 0.05) is 25.7 Å². The lowest BCUT2D eigenvalue weighted by Gasteiger charge is -2.31. The molecule has 100 valence electrons. The van der Waals surface area contributed by atoms with E-state index in [1.165, 1.54) is 25.5 Å². The number of hydrogen-bond acceptors (Lipinski definition) is 3. The summed E-state index contributed by atoms with van der Waals surface area (Å²) >= 11 is 0. The van der Waals surface area contributed by atoms with Crippen molar-refractivity contribution >= 4 is 5.82 Å². The fourth-order valence-electron chi connectivity index (χ4n) is 2.36. The number of aromatic nitrogens is 1. The van der Waals surface area contributed by atoms with Crippen LogP contribution in [-0.2, 0) is 6.54 Å². The van der Waals surface area contributed by atoms with E-state index in [0.717, 1.165) is 30.4 Å². The maximum atomic E-state index is 13.3. The topological polar surface area (TPSA) is 28.2 Å². The Hall–Kier alpha value is -1.16. The van der Waals surface area contributed by atoms with Crippen LogP contribution in [0.3, 0.4) is 0 Å². The summed E-state index contributed by atoms with van der Waals surface area (Å²) in [6.45, 7) is 4.62. The third kappa shape index (κ3) is 3.19. The van der Waals surface area contributed by atoms with Gasteiger partial charge in [0.15, 0.2) is 0 Å². The number of nitrogens with zero attached hydrogens (tertiary/aromatic N) is 2. The van der Waals surface area contributed by atoms with Crippen LogP contribution in [0, 0.1) is 11.7 Å². The van der Waals surface area contributed by atoms with E-state index in [9.17, 15) is 4.39 Å². The zero-order chi connectivity index (χ0) is 13.0. The number of hydrogen-bond donors (Lipinski definition) is 1. The Bertz CT molecular complexity index is 391. The van der Waals surface area contributed by atoms with Gasteiger partial charge in [0.05, 0.1) is 6.20 Å². The second-order valence-electron chi connectivity index (χ2n) is 5.09. The predicted molar refractivity (Wildman–Crippen MR) is 72.2 cm³/mol. The smallest absolute Gasteiger partial charge is 0.141 e. The molecular formula is C14H22FN3. The zero-order valence-corrected chi connectivity index (χ0v) is 11.2. The van der Waals surface area contributed by atoms with Crippen molar-refractivity contribution in [3.63, 3.8) is 0 Å². The Morgan fingerprint density at radius 2 is 2.28 bits per heavy atom. The molecule has 1 fully saturated rings. The van der Waals surface area contributed by atoms with Gasteiger partial charge in [-0.1, -0.05) is 13.3 Å². The van der Waals surface area contributed by atoms with Crippen LogP contribution in [-0.4, -0.2) is 25.1 Å². The molecule has 1 aromatic heterocycles. The first kappa shape index (κ1) is 13.3. The van der Waals surface area contributed by atoms with E-state index in [-0.39, 0.29) is 5.82 Å². The van der Waals surface area contributed by atoms with Gasteiger partial charge >= 0.3 is 0 Å². The van der Waals surface area contributed by atoms with Crippen LogP contribution in [0.25, 0.3) is 0 Å². The molecule has 1 aliphatic carbocycles. The Morgan fingerprint density at radius 3 is 2.89 bits per heavy atom. The average Bonchev–Trinajstić information content (AvgIpc) is 2.31. The van der Waals surface area contributed by atoms with Gasteiger partial charge in [-0.05, 0) is 31.4 Å². The lowest BCUT2D eigenvalue weighted by atomic mass is 9.85. The van der Waals surface area contributed by atoms with Crippen molar-refractivity contribution in [1.29, 1.82) is 0 Å². The summed E-state index contributed by atoms with van der Waals surface area (Å²) in [4.78, 5) is 6.42. The number of anilines is 1. The number of halogens is 1. The van der Waals surface area contributed by atoms with Gasteiger partial charge < -0.3 is 10.2 Å². The second kappa shape index (κ2) is 6.14. The molecule has 3 nitrogen and oxygen atoms in total. The molecule has 0 bridgehead atoms. The van der Waals surface area contributed by atoms with Crippen LogP contribution in [0.1, 0.15) is 31.7 Å². The molecule has 0 amide bonds. The molecule has 1 saturated carbocycles. The Labute approximate surface area is 108 Å². The predicted octanol–water partition coefficient (Wildman–Crippen LogP) is 2.57. The van der Waals surface area contributed by atoms with Gasteiger partial charge in [-0.15, -0.1) is 0 Å². The van der Waals surface area contributed by atoms with Crippen molar-refractivity contribution in [2.75, 3.05) is 25.0 Å².